The van der Waals surface area contributed by atoms with Gasteiger partial charge in [-0.25, -0.2) is 4.79 Å². The number of hydrogen-bond acceptors (Lipinski definition) is 4. The summed E-state index contributed by atoms with van der Waals surface area (Å²) in [6.07, 6.45) is 0.842. The Kier molecular flexibility index (Phi) is 7.76. The van der Waals surface area contributed by atoms with Crippen molar-refractivity contribution in [2.75, 3.05) is 32.8 Å². The summed E-state index contributed by atoms with van der Waals surface area (Å²) in [5.74, 6) is -1.99. The van der Waals surface area contributed by atoms with Crippen molar-refractivity contribution in [3.8, 4) is 0 Å². The Morgan fingerprint density at radius 2 is 1.93 bits per heavy atom. The van der Waals surface area contributed by atoms with Crippen LogP contribution in [-0.4, -0.2) is 72.0 Å². The van der Waals surface area contributed by atoms with Gasteiger partial charge >= 0.3 is 12.1 Å². The van der Waals surface area contributed by atoms with Crippen LogP contribution in [-0.2, 0) is 16.1 Å². The Balaban J connectivity index is 0.000000318. The van der Waals surface area contributed by atoms with E-state index in [-0.39, 0.29) is 0 Å². The fourth-order valence-electron chi connectivity index (χ4n) is 4.85. The van der Waals surface area contributed by atoms with Gasteiger partial charge in [0.05, 0.1) is 12.7 Å². The predicted octanol–water partition coefficient (Wildman–Crippen LogP) is 3.70. The van der Waals surface area contributed by atoms with E-state index in [9.17, 15) is 13.2 Å². The Bertz CT molecular complexity index is 707. The lowest BCUT2D eigenvalue weighted by molar-refractivity contribution is -0.192. The summed E-state index contributed by atoms with van der Waals surface area (Å²) >= 11 is 0. The third kappa shape index (κ3) is 6.18. The number of piperidine rings is 1. The molecule has 2 aliphatic heterocycles. The standard InChI is InChI=1S/C20H30N2O.C2HF3O2/c1-16-5-4-6-17(13-16)14-22-15-18-7-8-19(22)20(18)23-12-11-21-9-2-3-10-21;3-2(4,5)1(6)7/h4-6,13,18-20H,2-3,7-12,14-15H2,1H3;(H,6,7). The van der Waals surface area contributed by atoms with Gasteiger partial charge in [-0.3, -0.25) is 4.90 Å². The van der Waals surface area contributed by atoms with Crippen LogP contribution in [0.5, 0.6) is 0 Å². The number of ether oxygens (including phenoxy) is 1. The molecule has 3 unspecified atom stereocenters. The van der Waals surface area contributed by atoms with Crippen LogP contribution < -0.4 is 0 Å². The monoisotopic (exact) mass is 428 g/mol. The second kappa shape index (κ2) is 10.1. The van der Waals surface area contributed by atoms with Gasteiger partial charge in [-0.15, -0.1) is 0 Å². The third-order valence-electron chi connectivity index (χ3n) is 6.24. The minimum absolute atomic E-state index is 0.488. The molecule has 3 fully saturated rings. The highest BCUT2D eigenvalue weighted by Gasteiger charge is 2.47. The second-order valence-electron chi connectivity index (χ2n) is 8.51. The Labute approximate surface area is 175 Å². The smallest absolute Gasteiger partial charge is 0.475 e. The van der Waals surface area contributed by atoms with Crippen molar-refractivity contribution in [1.82, 2.24) is 9.80 Å². The first kappa shape index (κ1) is 23.0. The molecule has 3 aliphatic rings. The highest BCUT2D eigenvalue weighted by Crippen LogP contribution is 2.40. The quantitative estimate of drug-likeness (QED) is 0.749. The van der Waals surface area contributed by atoms with Crippen LogP contribution in [0.4, 0.5) is 13.2 Å². The normalized spacial score (nSPS) is 26.6. The van der Waals surface area contributed by atoms with Gasteiger partial charge in [0, 0.05) is 25.7 Å². The fraction of sp³-hybridized carbons (Fsp3) is 0.682. The Morgan fingerprint density at radius 1 is 1.23 bits per heavy atom. The van der Waals surface area contributed by atoms with E-state index in [1.807, 2.05) is 0 Å². The number of carboxylic acid groups (broad SMARTS) is 1. The zero-order chi connectivity index (χ0) is 21.7. The molecular weight excluding hydrogens is 397 g/mol. The molecule has 0 amide bonds. The van der Waals surface area contributed by atoms with Crippen LogP contribution in [0.1, 0.15) is 36.8 Å². The van der Waals surface area contributed by atoms with E-state index in [1.54, 1.807) is 0 Å². The number of alkyl halides is 3. The molecule has 5 nitrogen and oxygen atoms in total. The maximum absolute atomic E-state index is 10.6. The van der Waals surface area contributed by atoms with Gasteiger partial charge in [0.25, 0.3) is 0 Å². The maximum Gasteiger partial charge on any atom is 0.490 e. The molecule has 1 aromatic carbocycles. The van der Waals surface area contributed by atoms with E-state index in [2.05, 4.69) is 41.0 Å². The zero-order valence-electron chi connectivity index (χ0n) is 17.4. The van der Waals surface area contributed by atoms with Crippen LogP contribution in [0, 0.1) is 12.8 Å². The topological polar surface area (TPSA) is 53.0 Å². The minimum Gasteiger partial charge on any atom is -0.475 e. The van der Waals surface area contributed by atoms with Crippen LogP contribution in [0.25, 0.3) is 0 Å². The lowest BCUT2D eigenvalue weighted by Gasteiger charge is -2.27. The van der Waals surface area contributed by atoms with E-state index in [4.69, 9.17) is 14.6 Å². The highest BCUT2D eigenvalue weighted by atomic mass is 19.4. The second-order valence-corrected chi connectivity index (χ2v) is 8.51. The zero-order valence-corrected chi connectivity index (χ0v) is 17.4. The molecule has 1 N–H and O–H groups in total. The largest absolute Gasteiger partial charge is 0.490 e. The molecule has 8 heteroatoms. The number of aryl methyl sites for hydroxylation is 1. The number of rotatable bonds is 6. The SMILES string of the molecule is Cc1cccc(CN2CC3CCC2C3OCCN2CCCC2)c1.O=C(O)C(F)(F)F. The molecule has 30 heavy (non-hydrogen) atoms. The molecule has 2 bridgehead atoms. The van der Waals surface area contributed by atoms with Crippen molar-refractivity contribution >= 4 is 5.97 Å². The van der Waals surface area contributed by atoms with E-state index in [0.29, 0.717) is 12.1 Å². The number of benzene rings is 1. The summed E-state index contributed by atoms with van der Waals surface area (Å²) in [5.41, 5.74) is 2.82. The van der Waals surface area contributed by atoms with E-state index < -0.39 is 12.1 Å². The van der Waals surface area contributed by atoms with Crippen molar-refractivity contribution in [1.29, 1.82) is 0 Å². The summed E-state index contributed by atoms with van der Waals surface area (Å²) in [5, 5.41) is 7.12. The van der Waals surface area contributed by atoms with Crippen molar-refractivity contribution in [3.63, 3.8) is 0 Å². The first-order valence-electron chi connectivity index (χ1n) is 10.7. The summed E-state index contributed by atoms with van der Waals surface area (Å²) in [6.45, 7) is 9.12. The Hall–Kier alpha value is -1.64. The number of halogens is 3. The van der Waals surface area contributed by atoms with Crippen molar-refractivity contribution in [2.45, 2.75) is 57.5 Å². The number of aliphatic carboxylic acids is 1. The van der Waals surface area contributed by atoms with Crippen LogP contribution in [0.15, 0.2) is 24.3 Å². The van der Waals surface area contributed by atoms with Crippen LogP contribution in [0.2, 0.25) is 0 Å². The first-order valence-corrected chi connectivity index (χ1v) is 10.7. The molecule has 2 heterocycles. The van der Waals surface area contributed by atoms with E-state index in [1.165, 1.54) is 56.4 Å². The van der Waals surface area contributed by atoms with Crippen molar-refractivity contribution < 1.29 is 27.8 Å². The summed E-state index contributed by atoms with van der Waals surface area (Å²) < 4.78 is 38.1. The molecule has 0 spiro atoms. The molecule has 168 valence electrons. The van der Waals surface area contributed by atoms with E-state index in [0.717, 1.165) is 25.6 Å². The molecule has 0 aromatic heterocycles. The first-order chi connectivity index (χ1) is 14.2. The lowest BCUT2D eigenvalue weighted by atomic mass is 10.1. The van der Waals surface area contributed by atoms with Crippen LogP contribution >= 0.6 is 0 Å². The number of nitrogens with zero attached hydrogens (tertiary/aromatic N) is 2. The van der Waals surface area contributed by atoms with Gasteiger partial charge in [-0.05, 0) is 57.2 Å². The van der Waals surface area contributed by atoms with Crippen molar-refractivity contribution in [2.24, 2.45) is 5.92 Å². The van der Waals surface area contributed by atoms with Gasteiger partial charge < -0.3 is 14.7 Å². The van der Waals surface area contributed by atoms with Gasteiger partial charge in [0.15, 0.2) is 0 Å². The average Bonchev–Trinajstić information content (AvgIpc) is 3.39. The van der Waals surface area contributed by atoms with E-state index >= 15 is 0 Å². The molecule has 4 rings (SSSR count). The highest BCUT2D eigenvalue weighted by molar-refractivity contribution is 5.73. The number of likely N-dealkylation sites (tertiary alicyclic amines) is 2. The lowest BCUT2D eigenvalue weighted by Crippen LogP contribution is -2.35. The summed E-state index contributed by atoms with van der Waals surface area (Å²) in [4.78, 5) is 14.1. The molecule has 3 atom stereocenters. The third-order valence-corrected chi connectivity index (χ3v) is 6.24. The molecule has 1 aromatic rings. The maximum atomic E-state index is 10.6. The van der Waals surface area contributed by atoms with Crippen LogP contribution in [0.3, 0.4) is 0 Å². The fourth-order valence-corrected chi connectivity index (χ4v) is 4.85. The number of carboxylic acids is 1. The molecule has 0 radical (unpaired) electrons. The average molecular weight is 428 g/mol. The van der Waals surface area contributed by atoms with Gasteiger partial charge in [0.1, 0.15) is 0 Å². The predicted molar refractivity (Wildman–Crippen MR) is 107 cm³/mol. The minimum atomic E-state index is -5.08. The molecule has 1 aliphatic carbocycles. The number of carbonyl (C=O) groups is 1. The molecule has 1 saturated carbocycles. The van der Waals surface area contributed by atoms with Gasteiger partial charge in [0.2, 0.25) is 0 Å². The molecular formula is C22H31F3N2O3. The summed E-state index contributed by atoms with van der Waals surface area (Å²) in [7, 11) is 0. The summed E-state index contributed by atoms with van der Waals surface area (Å²) in [6, 6.07) is 9.61. The van der Waals surface area contributed by atoms with Crippen molar-refractivity contribution in [3.05, 3.63) is 35.4 Å². The Morgan fingerprint density at radius 3 is 2.57 bits per heavy atom. The number of fused-ring (bicyclic) bond motifs is 2. The number of hydrogen-bond donors (Lipinski definition) is 1. The van der Waals surface area contributed by atoms with Gasteiger partial charge in [-0.1, -0.05) is 29.8 Å². The van der Waals surface area contributed by atoms with Gasteiger partial charge in [-0.2, -0.15) is 13.2 Å². The molecule has 2 saturated heterocycles.